The number of anilines is 1. The van der Waals surface area contributed by atoms with Gasteiger partial charge in [-0.15, -0.1) is 11.3 Å². The number of thiazole rings is 1. The van der Waals surface area contributed by atoms with E-state index in [1.54, 1.807) is 12.3 Å². The topological polar surface area (TPSA) is 109 Å². The van der Waals surface area contributed by atoms with Crippen molar-refractivity contribution in [1.29, 1.82) is 0 Å². The van der Waals surface area contributed by atoms with Crippen LogP contribution in [0.1, 0.15) is 38.3 Å². The lowest BCUT2D eigenvalue weighted by atomic mass is 10.0. The van der Waals surface area contributed by atoms with Gasteiger partial charge in [0.05, 0.1) is 30.8 Å². The summed E-state index contributed by atoms with van der Waals surface area (Å²) in [6, 6.07) is 0.384. The number of carbonyl (C=O) groups excluding carboxylic acids is 3. The Morgan fingerprint density at radius 3 is 3.04 bits per heavy atom. The van der Waals surface area contributed by atoms with Gasteiger partial charge in [-0.25, -0.2) is 9.78 Å². The van der Waals surface area contributed by atoms with Crippen molar-refractivity contribution < 1.29 is 19.1 Å². The molecule has 2 aliphatic rings. The number of hydrogen-bond acceptors (Lipinski definition) is 7. The molecule has 3 N–H and O–H groups in total. The lowest BCUT2D eigenvalue weighted by Gasteiger charge is -2.16. The molecule has 3 atom stereocenters. The number of nitrogens with one attached hydrogen (secondary N) is 3. The van der Waals surface area contributed by atoms with Crippen molar-refractivity contribution in [2.24, 2.45) is 0 Å². The summed E-state index contributed by atoms with van der Waals surface area (Å²) in [5.41, 5.74) is 0.605. The summed E-state index contributed by atoms with van der Waals surface area (Å²) in [6.45, 7) is 2.10. The first-order chi connectivity index (χ1) is 13.0. The fraction of sp³-hybridized carbons (Fsp3) is 0.647. The lowest BCUT2D eigenvalue weighted by Crippen LogP contribution is -2.36. The maximum absolute atomic E-state index is 12.1. The Morgan fingerprint density at radius 1 is 1.37 bits per heavy atom. The van der Waals surface area contributed by atoms with Crippen LogP contribution < -0.4 is 16.0 Å². The van der Waals surface area contributed by atoms with E-state index in [1.807, 2.05) is 11.8 Å². The Balaban J connectivity index is 1.32. The smallest absolute Gasteiger partial charge is 0.315 e. The van der Waals surface area contributed by atoms with Gasteiger partial charge in [-0.1, -0.05) is 6.42 Å². The summed E-state index contributed by atoms with van der Waals surface area (Å²) in [7, 11) is 0. The van der Waals surface area contributed by atoms with Crippen molar-refractivity contribution in [3.8, 4) is 0 Å². The number of esters is 1. The van der Waals surface area contributed by atoms with Gasteiger partial charge in [0, 0.05) is 22.8 Å². The molecule has 148 valence electrons. The minimum Gasteiger partial charge on any atom is -0.466 e. The predicted octanol–water partition coefficient (Wildman–Crippen LogP) is 1.91. The zero-order chi connectivity index (χ0) is 19.2. The standard InChI is InChI=1S/C17H24N4O4S2/c1-2-25-14(23)7-10-8-27-17(18-10)20-13(22)6-4-3-5-12-15-11(9-26-12)19-16(24)21-15/h8,11-12,15H,2-7,9H2,1H3,(H,18,20,22)(H2,19,21,24). The second kappa shape index (κ2) is 9.41. The van der Waals surface area contributed by atoms with E-state index in [0.717, 1.165) is 25.0 Å². The van der Waals surface area contributed by atoms with E-state index >= 15 is 0 Å². The Labute approximate surface area is 166 Å². The quantitative estimate of drug-likeness (QED) is 0.325. The summed E-state index contributed by atoms with van der Waals surface area (Å²) >= 11 is 3.19. The van der Waals surface area contributed by atoms with Crippen molar-refractivity contribution in [3.63, 3.8) is 0 Å². The molecule has 0 spiro atoms. The number of ether oxygens (including phenoxy) is 1. The number of rotatable bonds is 9. The number of fused-ring (bicyclic) bond motifs is 1. The SMILES string of the molecule is CCOC(=O)Cc1csc(NC(=O)CCCCC2SCC3NC(=O)NC32)n1. The second-order valence-electron chi connectivity index (χ2n) is 6.54. The number of nitrogens with zero attached hydrogens (tertiary/aromatic N) is 1. The molecule has 0 aliphatic carbocycles. The van der Waals surface area contributed by atoms with E-state index in [2.05, 4.69) is 20.9 Å². The third kappa shape index (κ3) is 5.58. The molecule has 8 nitrogen and oxygen atoms in total. The van der Waals surface area contributed by atoms with Gasteiger partial charge < -0.3 is 20.7 Å². The molecule has 0 saturated carbocycles. The summed E-state index contributed by atoms with van der Waals surface area (Å²) in [5.74, 6) is 0.563. The van der Waals surface area contributed by atoms with E-state index < -0.39 is 0 Å². The van der Waals surface area contributed by atoms with Crippen LogP contribution in [0.25, 0.3) is 0 Å². The maximum Gasteiger partial charge on any atom is 0.315 e. The van der Waals surface area contributed by atoms with Gasteiger partial charge in [0.1, 0.15) is 0 Å². The van der Waals surface area contributed by atoms with Crippen LogP contribution in [-0.4, -0.2) is 52.6 Å². The fourth-order valence-electron chi connectivity index (χ4n) is 3.26. The van der Waals surface area contributed by atoms with Crippen molar-refractivity contribution in [2.75, 3.05) is 17.7 Å². The van der Waals surface area contributed by atoms with E-state index in [0.29, 0.717) is 29.1 Å². The van der Waals surface area contributed by atoms with Crippen molar-refractivity contribution in [2.45, 2.75) is 56.4 Å². The monoisotopic (exact) mass is 412 g/mol. The Morgan fingerprint density at radius 2 is 2.22 bits per heavy atom. The van der Waals surface area contributed by atoms with Crippen LogP contribution in [0.2, 0.25) is 0 Å². The molecule has 0 radical (unpaired) electrons. The van der Waals surface area contributed by atoms with E-state index in [9.17, 15) is 14.4 Å². The van der Waals surface area contributed by atoms with E-state index in [1.165, 1.54) is 11.3 Å². The number of carbonyl (C=O) groups is 3. The van der Waals surface area contributed by atoms with Gasteiger partial charge in [0.15, 0.2) is 5.13 Å². The van der Waals surface area contributed by atoms with E-state index in [4.69, 9.17) is 4.74 Å². The van der Waals surface area contributed by atoms with Crippen LogP contribution in [0.15, 0.2) is 5.38 Å². The zero-order valence-corrected chi connectivity index (χ0v) is 16.8. The first-order valence-corrected chi connectivity index (χ1v) is 11.1. The van der Waals surface area contributed by atoms with Gasteiger partial charge >= 0.3 is 12.0 Å². The first-order valence-electron chi connectivity index (χ1n) is 9.13. The lowest BCUT2D eigenvalue weighted by molar-refractivity contribution is -0.142. The van der Waals surface area contributed by atoms with Crippen LogP contribution in [0.4, 0.5) is 9.93 Å². The highest BCUT2D eigenvalue weighted by Crippen LogP contribution is 2.33. The molecule has 1 aromatic heterocycles. The number of thioether (sulfide) groups is 1. The molecular formula is C17H24N4O4S2. The van der Waals surface area contributed by atoms with Crippen molar-refractivity contribution >= 4 is 46.1 Å². The third-order valence-electron chi connectivity index (χ3n) is 4.51. The molecule has 3 heterocycles. The fourth-order valence-corrected chi connectivity index (χ4v) is 5.53. The number of hydrogen-bond donors (Lipinski definition) is 3. The number of amides is 3. The number of urea groups is 1. The minimum atomic E-state index is -0.318. The first kappa shape index (κ1) is 19.9. The van der Waals surface area contributed by atoms with Gasteiger partial charge in [-0.05, 0) is 19.8 Å². The van der Waals surface area contributed by atoms with E-state index in [-0.39, 0.29) is 36.4 Å². The summed E-state index contributed by atoms with van der Waals surface area (Å²) < 4.78 is 4.89. The largest absolute Gasteiger partial charge is 0.466 e. The Kier molecular flexibility index (Phi) is 6.95. The average molecular weight is 413 g/mol. The predicted molar refractivity (Wildman–Crippen MR) is 105 cm³/mol. The molecule has 10 heteroatoms. The molecule has 3 amide bonds. The van der Waals surface area contributed by atoms with Crippen LogP contribution in [-0.2, 0) is 20.7 Å². The number of aromatic nitrogens is 1. The number of unbranched alkanes of at least 4 members (excludes halogenated alkanes) is 1. The molecule has 2 saturated heterocycles. The van der Waals surface area contributed by atoms with Crippen LogP contribution in [0.5, 0.6) is 0 Å². The second-order valence-corrected chi connectivity index (χ2v) is 8.67. The molecule has 1 aromatic rings. The molecular weight excluding hydrogens is 388 g/mol. The molecule has 3 rings (SSSR count). The summed E-state index contributed by atoms with van der Waals surface area (Å²) in [4.78, 5) is 39.1. The minimum absolute atomic E-state index is 0.0690. The Hall–Kier alpha value is -1.81. The highest BCUT2D eigenvalue weighted by molar-refractivity contribution is 8.00. The average Bonchev–Trinajstić information content (AvgIpc) is 3.29. The molecule has 2 aliphatic heterocycles. The molecule has 0 bridgehead atoms. The highest BCUT2D eigenvalue weighted by Gasteiger charge is 2.42. The van der Waals surface area contributed by atoms with Crippen LogP contribution in [0, 0.1) is 0 Å². The third-order valence-corrected chi connectivity index (χ3v) is 6.82. The van der Waals surface area contributed by atoms with Gasteiger partial charge in [0.25, 0.3) is 0 Å². The summed E-state index contributed by atoms with van der Waals surface area (Å²) in [6.07, 6.45) is 3.27. The maximum atomic E-state index is 12.1. The Bertz CT molecular complexity index is 696. The molecule has 0 aromatic carbocycles. The van der Waals surface area contributed by atoms with Gasteiger partial charge in [-0.2, -0.15) is 11.8 Å². The van der Waals surface area contributed by atoms with Crippen molar-refractivity contribution in [3.05, 3.63) is 11.1 Å². The van der Waals surface area contributed by atoms with Crippen molar-refractivity contribution in [1.82, 2.24) is 15.6 Å². The van der Waals surface area contributed by atoms with Crippen LogP contribution in [0.3, 0.4) is 0 Å². The zero-order valence-electron chi connectivity index (χ0n) is 15.2. The highest BCUT2D eigenvalue weighted by atomic mass is 32.2. The summed E-state index contributed by atoms with van der Waals surface area (Å²) in [5, 5.41) is 11.4. The molecule has 27 heavy (non-hydrogen) atoms. The normalized spacial score (nSPS) is 23.4. The molecule has 2 fully saturated rings. The molecule has 3 unspecified atom stereocenters. The van der Waals surface area contributed by atoms with Gasteiger partial charge in [-0.3, -0.25) is 9.59 Å². The van der Waals surface area contributed by atoms with Gasteiger partial charge in [0.2, 0.25) is 5.91 Å². The van der Waals surface area contributed by atoms with Crippen LogP contribution >= 0.6 is 23.1 Å².